The number of hydrogen-bond acceptors (Lipinski definition) is 22. The summed E-state index contributed by atoms with van der Waals surface area (Å²) in [6.45, 7) is 21.7. The lowest BCUT2D eigenvalue weighted by Crippen LogP contribution is -2.64. The van der Waals surface area contributed by atoms with Gasteiger partial charge in [-0.25, -0.2) is 9.59 Å². The Bertz CT molecular complexity index is 2850. The molecule has 0 spiro atoms. The van der Waals surface area contributed by atoms with E-state index in [2.05, 4.69) is 15.2 Å². The summed E-state index contributed by atoms with van der Waals surface area (Å²) >= 11 is 13.5. The predicted octanol–water partition coefficient (Wildman–Crippen LogP) is 6.56. The highest BCUT2D eigenvalue weighted by atomic mass is 35.5. The largest absolute Gasteiger partial charge is 0.505 e. The zero-order chi connectivity index (χ0) is 65.6. The second-order valence-electron chi connectivity index (χ2n) is 24.4. The number of phenols is 1. The summed E-state index contributed by atoms with van der Waals surface area (Å²) in [6, 6.07) is 0.263. The zero-order valence-electron chi connectivity index (χ0n) is 53.4. The monoisotopic (exact) mass is 1290 g/mol. The summed E-state index contributed by atoms with van der Waals surface area (Å²) < 4.78 is 56.0. The van der Waals surface area contributed by atoms with Crippen LogP contribution < -0.4 is 10.5 Å². The van der Waals surface area contributed by atoms with E-state index in [1.54, 1.807) is 64.5 Å². The van der Waals surface area contributed by atoms with Crippen molar-refractivity contribution in [3.63, 3.8) is 0 Å². The summed E-state index contributed by atoms with van der Waals surface area (Å²) in [7, 11) is 1.29. The van der Waals surface area contributed by atoms with Gasteiger partial charge in [-0.15, -0.1) is 5.10 Å². The molecule has 3 saturated heterocycles. The predicted molar refractivity (Wildman–Crippen MR) is 331 cm³/mol. The van der Waals surface area contributed by atoms with Crippen LogP contribution >= 0.6 is 23.2 Å². The molecule has 4 aliphatic heterocycles. The summed E-state index contributed by atoms with van der Waals surface area (Å²) in [4.78, 5) is 43.2. The van der Waals surface area contributed by atoms with E-state index in [1.807, 2.05) is 39.1 Å². The van der Waals surface area contributed by atoms with Crippen molar-refractivity contribution in [2.24, 2.45) is 17.6 Å². The van der Waals surface area contributed by atoms with Gasteiger partial charge in [0.05, 0.1) is 59.8 Å². The summed E-state index contributed by atoms with van der Waals surface area (Å²) in [5.41, 5.74) is 7.45. The van der Waals surface area contributed by atoms with Crippen molar-refractivity contribution in [1.82, 2.24) is 19.9 Å². The van der Waals surface area contributed by atoms with Gasteiger partial charge < -0.3 is 83.9 Å². The zero-order valence-corrected chi connectivity index (χ0v) is 54.9. The maximum atomic E-state index is 14.1. The fraction of sp³-hybridized carbons (Fsp3) is 0.672. The van der Waals surface area contributed by atoms with Gasteiger partial charge in [0.2, 0.25) is 0 Å². The minimum absolute atomic E-state index is 0.00429. The van der Waals surface area contributed by atoms with Gasteiger partial charge in [-0.3, -0.25) is 9.48 Å². The Balaban J connectivity index is 1.13. The number of aromatic hydroxyl groups is 1. The van der Waals surface area contributed by atoms with Crippen LogP contribution in [0, 0.1) is 11.8 Å². The molecule has 5 heterocycles. The number of aliphatic hydroxyl groups is 5. The van der Waals surface area contributed by atoms with Gasteiger partial charge in [-0.1, -0.05) is 92.1 Å². The Hall–Kier alpha value is -4.83. The molecule has 25 heteroatoms. The maximum absolute atomic E-state index is 14.1. The molecule has 0 aliphatic carbocycles. The molecular formula is C64H95Cl2N5O18. The molecule has 8 N–H and O–H groups in total. The van der Waals surface area contributed by atoms with Gasteiger partial charge >= 0.3 is 17.9 Å². The number of ether oxygens (including phenoxy) is 9. The molecule has 0 bridgehead atoms. The molecule has 0 unspecified atom stereocenters. The van der Waals surface area contributed by atoms with E-state index in [0.29, 0.717) is 36.1 Å². The number of phenolic OH excluding ortho intramolecular Hbond substituents is 1. The van der Waals surface area contributed by atoms with E-state index < -0.39 is 127 Å². The number of nitrogens with zero attached hydrogens (tertiary/aromatic N) is 4. The number of aromatic nitrogens is 3. The second-order valence-corrected chi connectivity index (χ2v) is 25.2. The highest BCUT2D eigenvalue weighted by Gasteiger charge is 2.53. The molecule has 0 radical (unpaired) electrons. The van der Waals surface area contributed by atoms with Gasteiger partial charge in [-0.05, 0) is 116 Å². The first-order valence-corrected chi connectivity index (χ1v) is 31.6. The Morgan fingerprint density at radius 3 is 2.30 bits per heavy atom. The lowest BCUT2D eigenvalue weighted by molar-refractivity contribution is -0.333. The number of benzene rings is 1. The molecule has 4 aliphatic rings. The molecule has 23 nitrogen and oxygen atoms in total. The van der Waals surface area contributed by atoms with Crippen LogP contribution in [0.25, 0.3) is 0 Å². The van der Waals surface area contributed by atoms with Crippen molar-refractivity contribution in [3.05, 3.63) is 91.8 Å². The molecule has 3 fully saturated rings. The van der Waals surface area contributed by atoms with E-state index >= 15 is 0 Å². The summed E-state index contributed by atoms with van der Waals surface area (Å²) in [5, 5.41) is 76.7. The molecule has 0 saturated carbocycles. The van der Waals surface area contributed by atoms with Gasteiger partial charge in [0.25, 0.3) is 0 Å². The number of cyclic esters (lactones) is 1. The molecule has 1 aromatic carbocycles. The molecule has 498 valence electrons. The van der Waals surface area contributed by atoms with E-state index in [-0.39, 0.29) is 64.4 Å². The average molecular weight is 1290 g/mol. The molecule has 6 rings (SSSR count). The van der Waals surface area contributed by atoms with Crippen LogP contribution in [-0.4, -0.2) is 200 Å². The van der Waals surface area contributed by atoms with E-state index in [4.69, 9.17) is 71.6 Å². The number of halogens is 2. The number of carbonyl (C=O) groups is 3. The maximum Gasteiger partial charge on any atom is 0.342 e. The number of esters is 3. The topological polar surface area (TPSA) is 316 Å². The van der Waals surface area contributed by atoms with Crippen molar-refractivity contribution in [1.29, 1.82) is 0 Å². The number of methoxy groups -OCH3 is 1. The van der Waals surface area contributed by atoms with Crippen molar-refractivity contribution in [3.8, 4) is 11.5 Å². The highest BCUT2D eigenvalue weighted by molar-refractivity contribution is 6.39. The minimum atomic E-state index is -1.61. The Labute approximate surface area is 532 Å². The van der Waals surface area contributed by atoms with Crippen molar-refractivity contribution in [2.45, 2.75) is 225 Å². The lowest BCUT2D eigenvalue weighted by Gasteiger charge is -2.47. The Morgan fingerprint density at radius 1 is 0.944 bits per heavy atom. The van der Waals surface area contributed by atoms with Crippen LogP contribution in [0.15, 0.2) is 64.9 Å². The van der Waals surface area contributed by atoms with Gasteiger partial charge in [0.15, 0.2) is 36.3 Å². The summed E-state index contributed by atoms with van der Waals surface area (Å²) in [5.74, 6) is -4.02. The fourth-order valence-electron chi connectivity index (χ4n) is 11.1. The number of carbonyl (C=O) groups excluding carboxylic acids is 3. The van der Waals surface area contributed by atoms with Crippen molar-refractivity contribution < 1.29 is 87.7 Å². The number of rotatable bonds is 21. The van der Waals surface area contributed by atoms with Gasteiger partial charge in [0.1, 0.15) is 46.7 Å². The van der Waals surface area contributed by atoms with E-state index in [9.17, 15) is 45.0 Å². The number of likely N-dealkylation sites (tertiary alicyclic amines) is 1. The molecule has 14 atom stereocenters. The fourth-order valence-corrected chi connectivity index (χ4v) is 11.8. The number of allylic oxidation sites excluding steroid dienone is 4. The number of nitrogens with two attached hydrogens (primary N) is 1. The van der Waals surface area contributed by atoms with Crippen LogP contribution in [0.4, 0.5) is 0 Å². The average Bonchev–Trinajstić information content (AvgIpc) is 1.08. The SMILES string of the molecule is CCc1c(Cl)c(OCCCn2cc(CCN3CCC(N)CC3)nn2)c(Cl)c(O)c1C(=O)O[C@@H]1[C@@H](O)[C@@H](OC)[C@@H](OC/C2=C\C=C\C[C@H](O)/C(C)=C/[C@H](CC)[C@@H](O[C@@H]3OC(C)(C)[C@@H](OC(=O)C(C)C)[C@H](O)[C@@H]3O)/C(C)=C/C(C)=C/C[C@@H]([C@@H](C)O)OC2=O)O[C@H]1C. The van der Waals surface area contributed by atoms with Crippen molar-refractivity contribution in [2.75, 3.05) is 40.0 Å². The van der Waals surface area contributed by atoms with Crippen LogP contribution in [0.5, 0.6) is 11.5 Å². The number of piperidine rings is 1. The lowest BCUT2D eigenvalue weighted by atomic mass is 9.88. The number of hydrogen-bond donors (Lipinski definition) is 7. The quantitative estimate of drug-likeness (QED) is 0.0301. The number of aliphatic hydroxyl groups excluding tert-OH is 5. The standard InChI is InChI=1S/C64H95Cl2N5O18/c1-13-40-31-36(6)45(73)19-16-15-18-41(60(79)85-46(38(8)72)21-20-35(5)30-37(7)54(40)87-62-52(76)51(75)58(64(10,11)89-62)88-59(78)34(3)4)33-83-63-57(81-12)53(77)55(39(9)84-63)86-61(80)47-44(14-2)48(65)56(49(66)50(47)74)82-29-17-25-71-32-43(68-69-71)24-28-70-26-22-42(67)23-27-70/h15-16,18,20,30-32,34,38-40,42,45-46,51-55,57-58,62-63,72-77H,13-14,17,19,21-29,33,67H2,1-12H3/b16-15+,35-20+,36-31+,37-30+,41-18+/t38-,39+,40+,45+,46+,51-,52+,53-,54+,55+,57-,58+,62-,63+/m1/s1. The molecule has 0 amide bonds. The molecule has 2 aromatic rings. The first kappa shape index (κ1) is 73.2. The van der Waals surface area contributed by atoms with Crippen LogP contribution in [0.1, 0.15) is 136 Å². The van der Waals surface area contributed by atoms with E-state index in [1.165, 1.54) is 27.0 Å². The third-order valence-corrected chi connectivity index (χ3v) is 17.4. The van der Waals surface area contributed by atoms with Crippen LogP contribution in [-0.2, 0) is 66.9 Å². The van der Waals surface area contributed by atoms with Crippen molar-refractivity contribution >= 4 is 41.1 Å². The number of aryl methyl sites for hydroxylation is 1. The normalized spacial score (nSPS) is 31.9. The Morgan fingerprint density at radius 2 is 1.65 bits per heavy atom. The first-order chi connectivity index (χ1) is 42.1. The second kappa shape index (κ2) is 33.7. The minimum Gasteiger partial charge on any atom is -0.505 e. The smallest absolute Gasteiger partial charge is 0.342 e. The third-order valence-electron chi connectivity index (χ3n) is 16.6. The molecule has 1 aromatic heterocycles. The Kier molecular flexibility index (Phi) is 27.7. The molecule has 89 heavy (non-hydrogen) atoms. The van der Waals surface area contributed by atoms with Gasteiger partial charge in [-0.2, -0.15) is 0 Å². The highest BCUT2D eigenvalue weighted by Crippen LogP contribution is 2.46. The third kappa shape index (κ3) is 19.4. The van der Waals surface area contributed by atoms with Crippen LogP contribution in [0.3, 0.4) is 0 Å². The van der Waals surface area contributed by atoms with Crippen LogP contribution in [0.2, 0.25) is 10.0 Å². The van der Waals surface area contributed by atoms with E-state index in [0.717, 1.165) is 44.6 Å². The summed E-state index contributed by atoms with van der Waals surface area (Å²) in [6.07, 6.45) is -0.316. The molecular weight excluding hydrogens is 1200 g/mol. The first-order valence-electron chi connectivity index (χ1n) is 30.9. The van der Waals surface area contributed by atoms with Gasteiger partial charge in [0, 0.05) is 57.6 Å².